The van der Waals surface area contributed by atoms with Crippen LogP contribution in [0.1, 0.15) is 44.9 Å². The molecule has 0 saturated heterocycles. The van der Waals surface area contributed by atoms with Gasteiger partial charge in [0.2, 0.25) is 11.7 Å². The predicted molar refractivity (Wildman–Crippen MR) is 130 cm³/mol. The molecule has 9 heteroatoms. The molecule has 0 amide bonds. The number of halogens is 2. The van der Waals surface area contributed by atoms with Gasteiger partial charge in [0.15, 0.2) is 5.96 Å². The monoisotopic (exact) mass is 547 g/mol. The van der Waals surface area contributed by atoms with Gasteiger partial charge in [0, 0.05) is 37.4 Å². The van der Waals surface area contributed by atoms with Crippen LogP contribution in [0.5, 0.6) is 0 Å². The molecule has 2 aromatic rings. The maximum atomic E-state index is 6.04. The topological polar surface area (TPSA) is 84.6 Å². The Kier molecular flexibility index (Phi) is 10.3. The minimum absolute atomic E-state index is 0. The maximum absolute atomic E-state index is 6.04. The van der Waals surface area contributed by atoms with Gasteiger partial charge in [0.25, 0.3) is 0 Å². The lowest BCUT2D eigenvalue weighted by Crippen LogP contribution is -2.43. The van der Waals surface area contributed by atoms with E-state index in [9.17, 15) is 0 Å². The van der Waals surface area contributed by atoms with Gasteiger partial charge in [0.1, 0.15) is 6.54 Å². The first-order valence-corrected chi connectivity index (χ1v) is 10.6. The molecule has 1 aromatic carbocycles. The molecule has 1 aliphatic rings. The summed E-state index contributed by atoms with van der Waals surface area (Å²) in [4.78, 5) is 9.05. The van der Waals surface area contributed by atoms with Crippen LogP contribution in [0.3, 0.4) is 0 Å². The van der Waals surface area contributed by atoms with Crippen LogP contribution in [-0.4, -0.2) is 42.9 Å². The summed E-state index contributed by atoms with van der Waals surface area (Å²) < 4.78 is 10.7. The average Bonchev–Trinajstić information content (AvgIpc) is 3.39. The highest BCUT2D eigenvalue weighted by molar-refractivity contribution is 14.0. The second kappa shape index (κ2) is 12.5. The summed E-state index contributed by atoms with van der Waals surface area (Å²) in [5, 5.41) is 11.5. The summed E-state index contributed by atoms with van der Waals surface area (Å²) in [6.07, 6.45) is 6.11. The van der Waals surface area contributed by atoms with Crippen molar-refractivity contribution in [1.82, 2.24) is 20.8 Å². The van der Waals surface area contributed by atoms with Gasteiger partial charge in [-0.25, -0.2) is 4.99 Å². The van der Waals surface area contributed by atoms with Crippen molar-refractivity contribution in [3.63, 3.8) is 0 Å². The number of nitrogens with one attached hydrogen (secondary N) is 2. The largest absolute Gasteiger partial charge is 0.385 e. The first-order chi connectivity index (χ1) is 14.1. The lowest BCUT2D eigenvalue weighted by atomic mass is 9.83. The Labute approximate surface area is 200 Å². The van der Waals surface area contributed by atoms with Crippen molar-refractivity contribution in [3.8, 4) is 11.4 Å². The van der Waals surface area contributed by atoms with Crippen LogP contribution >= 0.6 is 35.6 Å². The van der Waals surface area contributed by atoms with Crippen LogP contribution in [0.4, 0.5) is 0 Å². The zero-order chi connectivity index (χ0) is 20.5. The minimum atomic E-state index is 0. The number of methoxy groups -OCH3 is 1. The zero-order valence-electron chi connectivity index (χ0n) is 17.6. The molecule has 0 unspecified atom stereocenters. The molecule has 0 aliphatic heterocycles. The van der Waals surface area contributed by atoms with Crippen molar-refractivity contribution < 1.29 is 9.26 Å². The van der Waals surface area contributed by atoms with Crippen LogP contribution in [0.2, 0.25) is 5.02 Å². The molecule has 7 nitrogen and oxygen atoms in total. The lowest BCUT2D eigenvalue weighted by molar-refractivity contribution is 0.138. The van der Waals surface area contributed by atoms with Gasteiger partial charge in [-0.05, 0) is 43.7 Å². The number of hydrogen-bond donors (Lipinski definition) is 2. The summed E-state index contributed by atoms with van der Waals surface area (Å²) in [5.74, 6) is 1.74. The second-order valence-corrected chi connectivity index (χ2v) is 7.96. The molecule has 1 heterocycles. The van der Waals surface area contributed by atoms with Crippen molar-refractivity contribution >= 4 is 41.5 Å². The van der Waals surface area contributed by atoms with Crippen molar-refractivity contribution in [2.45, 2.75) is 45.6 Å². The molecule has 1 saturated carbocycles. The molecule has 1 fully saturated rings. The van der Waals surface area contributed by atoms with Crippen LogP contribution < -0.4 is 10.6 Å². The quantitative estimate of drug-likeness (QED) is 0.270. The van der Waals surface area contributed by atoms with E-state index in [1.54, 1.807) is 7.11 Å². The number of hydrogen-bond acceptors (Lipinski definition) is 5. The summed E-state index contributed by atoms with van der Waals surface area (Å²) in [6.45, 7) is 4.84. The van der Waals surface area contributed by atoms with E-state index in [-0.39, 0.29) is 29.4 Å². The standard InChI is InChI=1S/C21H30ClN5O2.HI/c1-3-23-20(25-15-21(11-12-28-2)9-4-5-10-21)24-14-18-26-19(27-29-18)16-7-6-8-17(22)13-16;/h6-8,13H,3-5,9-12,14-15H2,1-2H3,(H2,23,24,25);1H. The Morgan fingerprint density at radius 1 is 1.30 bits per heavy atom. The Morgan fingerprint density at radius 2 is 2.10 bits per heavy atom. The van der Waals surface area contributed by atoms with Crippen molar-refractivity contribution in [3.05, 3.63) is 35.2 Å². The molecule has 0 atom stereocenters. The van der Waals surface area contributed by atoms with Gasteiger partial charge in [-0.3, -0.25) is 0 Å². The molecule has 0 bridgehead atoms. The fourth-order valence-corrected chi connectivity index (χ4v) is 3.97. The van der Waals surface area contributed by atoms with Crippen LogP contribution in [-0.2, 0) is 11.3 Å². The van der Waals surface area contributed by atoms with Gasteiger partial charge in [0.05, 0.1) is 0 Å². The van der Waals surface area contributed by atoms with E-state index < -0.39 is 0 Å². The van der Waals surface area contributed by atoms with Crippen molar-refractivity contribution in [1.29, 1.82) is 0 Å². The summed E-state index contributed by atoms with van der Waals surface area (Å²) in [7, 11) is 1.77. The van der Waals surface area contributed by atoms with Gasteiger partial charge in [-0.1, -0.05) is 41.7 Å². The Morgan fingerprint density at radius 3 is 2.80 bits per heavy atom. The Balaban J connectivity index is 0.00000320. The molecule has 1 aromatic heterocycles. The number of nitrogens with zero attached hydrogens (tertiary/aromatic N) is 3. The normalized spacial score (nSPS) is 15.6. The number of aliphatic imine (C=N–C) groups is 1. The van der Waals surface area contributed by atoms with E-state index in [1.165, 1.54) is 25.7 Å². The third kappa shape index (κ3) is 7.09. The average molecular weight is 548 g/mol. The molecule has 0 radical (unpaired) electrons. The highest BCUT2D eigenvalue weighted by Gasteiger charge is 2.33. The van der Waals surface area contributed by atoms with Crippen molar-refractivity contribution in [2.75, 3.05) is 26.8 Å². The van der Waals surface area contributed by atoms with Gasteiger partial charge < -0.3 is 19.9 Å². The third-order valence-corrected chi connectivity index (χ3v) is 5.63. The zero-order valence-corrected chi connectivity index (χ0v) is 20.7. The van der Waals surface area contributed by atoms with E-state index in [2.05, 4.69) is 32.7 Å². The van der Waals surface area contributed by atoms with E-state index >= 15 is 0 Å². The lowest BCUT2D eigenvalue weighted by Gasteiger charge is -2.29. The number of aromatic nitrogens is 2. The number of guanidine groups is 1. The van der Waals surface area contributed by atoms with E-state index in [4.69, 9.17) is 20.9 Å². The highest BCUT2D eigenvalue weighted by atomic mass is 127. The van der Waals surface area contributed by atoms with Gasteiger partial charge in [-0.15, -0.1) is 24.0 Å². The molecular weight excluding hydrogens is 517 g/mol. The second-order valence-electron chi connectivity index (χ2n) is 7.52. The SMILES string of the molecule is CCNC(=NCc1nc(-c2cccc(Cl)c2)no1)NCC1(CCOC)CCCC1.I. The number of benzene rings is 1. The number of rotatable bonds is 9. The highest BCUT2D eigenvalue weighted by Crippen LogP contribution is 2.40. The first-order valence-electron chi connectivity index (χ1n) is 10.2. The summed E-state index contributed by atoms with van der Waals surface area (Å²) in [6, 6.07) is 7.39. The molecule has 1 aliphatic carbocycles. The van der Waals surface area contributed by atoms with E-state index in [0.29, 0.717) is 23.3 Å². The van der Waals surface area contributed by atoms with E-state index in [1.807, 2.05) is 24.3 Å². The molecular formula is C21H31ClIN5O2. The summed E-state index contributed by atoms with van der Waals surface area (Å²) >= 11 is 6.04. The van der Waals surface area contributed by atoms with Crippen molar-refractivity contribution in [2.24, 2.45) is 10.4 Å². The third-order valence-electron chi connectivity index (χ3n) is 5.40. The molecule has 2 N–H and O–H groups in total. The van der Waals surface area contributed by atoms with Gasteiger partial charge in [-0.2, -0.15) is 4.98 Å². The van der Waals surface area contributed by atoms with Crippen LogP contribution in [0, 0.1) is 5.41 Å². The Bertz CT molecular complexity index is 808. The van der Waals surface area contributed by atoms with E-state index in [0.717, 1.165) is 37.6 Å². The minimum Gasteiger partial charge on any atom is -0.385 e. The first kappa shape index (κ1) is 24.9. The molecule has 3 rings (SSSR count). The fourth-order valence-electron chi connectivity index (χ4n) is 3.78. The smallest absolute Gasteiger partial charge is 0.248 e. The predicted octanol–water partition coefficient (Wildman–Crippen LogP) is 4.66. The van der Waals surface area contributed by atoms with Gasteiger partial charge >= 0.3 is 0 Å². The molecule has 166 valence electrons. The van der Waals surface area contributed by atoms with Crippen LogP contribution in [0.15, 0.2) is 33.8 Å². The summed E-state index contributed by atoms with van der Waals surface area (Å²) in [5.41, 5.74) is 1.11. The maximum Gasteiger partial charge on any atom is 0.248 e. The fraction of sp³-hybridized carbons (Fsp3) is 0.571. The van der Waals surface area contributed by atoms with Crippen LogP contribution in [0.25, 0.3) is 11.4 Å². The Hall–Kier alpha value is -1.39. The molecule has 0 spiro atoms. The number of ether oxygens (including phenoxy) is 1. The molecule has 30 heavy (non-hydrogen) atoms.